The van der Waals surface area contributed by atoms with Gasteiger partial charge in [0.2, 0.25) is 0 Å². The smallest absolute Gasteiger partial charge is 0.376 e. The summed E-state index contributed by atoms with van der Waals surface area (Å²) in [6.07, 6.45) is 1.11. The minimum Gasteiger partial charge on any atom is -0.376 e. The Labute approximate surface area is 123 Å². The summed E-state index contributed by atoms with van der Waals surface area (Å²) in [5, 5.41) is 6.47. The highest BCUT2D eigenvalue weighted by Gasteiger charge is 2.38. The number of hydrogen-bond acceptors (Lipinski definition) is 8. The van der Waals surface area contributed by atoms with Gasteiger partial charge in [-0.3, -0.25) is 0 Å². The highest BCUT2D eigenvalue weighted by atomic mass is 28.4. The summed E-state index contributed by atoms with van der Waals surface area (Å²) in [5.74, 6) is 0. The maximum atomic E-state index is 5.31. The molecule has 2 N–H and O–H groups in total. The SMILES string of the molecule is CO[Si](CNCCNC[Si](OC)(OC)OC)(OC)OC. The van der Waals surface area contributed by atoms with Crippen LogP contribution in [0, 0.1) is 0 Å². The lowest BCUT2D eigenvalue weighted by molar-refractivity contribution is 0.120. The largest absolute Gasteiger partial charge is 0.514 e. The van der Waals surface area contributed by atoms with Gasteiger partial charge in [-0.05, 0) is 0 Å². The molecule has 0 unspecified atom stereocenters. The third-order valence-electron chi connectivity index (χ3n) is 3.03. The van der Waals surface area contributed by atoms with Crippen molar-refractivity contribution >= 4 is 17.6 Å². The molecule has 0 aromatic carbocycles. The minimum atomic E-state index is -2.54. The summed E-state index contributed by atoms with van der Waals surface area (Å²) in [6, 6.07) is 0. The molecule has 0 rings (SSSR count). The zero-order valence-corrected chi connectivity index (χ0v) is 15.3. The molecule has 8 nitrogen and oxygen atoms in total. The predicted octanol–water partition coefficient (Wildman–Crippen LogP) is -1.000. The maximum absolute atomic E-state index is 5.31. The van der Waals surface area contributed by atoms with Gasteiger partial charge in [-0.25, -0.2) is 0 Å². The number of hydrogen-bond donors (Lipinski definition) is 2. The van der Waals surface area contributed by atoms with Crippen molar-refractivity contribution in [1.82, 2.24) is 10.6 Å². The van der Waals surface area contributed by atoms with E-state index in [0.29, 0.717) is 12.3 Å². The quantitative estimate of drug-likeness (QED) is 0.329. The third-order valence-corrected chi connectivity index (χ3v) is 8.13. The van der Waals surface area contributed by atoms with Gasteiger partial charge in [0.1, 0.15) is 0 Å². The van der Waals surface area contributed by atoms with Gasteiger partial charge in [0, 0.05) is 55.7 Å². The van der Waals surface area contributed by atoms with Gasteiger partial charge < -0.3 is 37.2 Å². The first-order chi connectivity index (χ1) is 9.57. The number of rotatable bonds is 13. The Hall–Kier alpha value is 0.114. The molecule has 0 radical (unpaired) electrons. The molecule has 0 spiro atoms. The van der Waals surface area contributed by atoms with E-state index in [9.17, 15) is 0 Å². The van der Waals surface area contributed by atoms with E-state index in [1.54, 1.807) is 42.7 Å². The molecule has 0 saturated carbocycles. The molecule has 20 heavy (non-hydrogen) atoms. The summed E-state index contributed by atoms with van der Waals surface area (Å²) in [6.45, 7) is 1.49. The average molecular weight is 329 g/mol. The standard InChI is InChI=1S/C10H28N2O6Si2/c1-13-19(14-2,15-3)9-11-7-8-12-10-20(16-4,17-5)18-6/h11-12H,7-10H2,1-6H3. The molecule has 0 aromatic heterocycles. The molecule has 0 fully saturated rings. The second-order valence-corrected chi connectivity index (χ2v) is 9.83. The van der Waals surface area contributed by atoms with E-state index in [0.717, 1.165) is 13.1 Å². The summed E-state index contributed by atoms with van der Waals surface area (Å²) in [4.78, 5) is 0. The molecule has 0 aromatic rings. The van der Waals surface area contributed by atoms with Crippen molar-refractivity contribution in [3.8, 4) is 0 Å². The van der Waals surface area contributed by atoms with Crippen LogP contribution in [0.1, 0.15) is 0 Å². The van der Waals surface area contributed by atoms with Crippen LogP contribution in [0.2, 0.25) is 0 Å². The molecular weight excluding hydrogens is 300 g/mol. The Morgan fingerprint density at radius 1 is 0.550 bits per heavy atom. The van der Waals surface area contributed by atoms with Crippen molar-refractivity contribution in [3.05, 3.63) is 0 Å². The van der Waals surface area contributed by atoms with Crippen LogP contribution in [0.5, 0.6) is 0 Å². The molecule has 122 valence electrons. The number of nitrogens with one attached hydrogen (secondary N) is 2. The molecule has 0 aliphatic heterocycles. The summed E-state index contributed by atoms with van der Waals surface area (Å²) in [7, 11) is 4.47. The first kappa shape index (κ1) is 20.1. The van der Waals surface area contributed by atoms with Crippen molar-refractivity contribution in [2.24, 2.45) is 0 Å². The molecule has 10 heteroatoms. The Balaban J connectivity index is 3.87. The minimum absolute atomic E-state index is 0.555. The van der Waals surface area contributed by atoms with Gasteiger partial charge in [-0.1, -0.05) is 0 Å². The van der Waals surface area contributed by atoms with E-state index in [4.69, 9.17) is 26.6 Å². The highest BCUT2D eigenvalue weighted by Crippen LogP contribution is 2.04. The summed E-state index contributed by atoms with van der Waals surface area (Å²) >= 11 is 0. The van der Waals surface area contributed by atoms with Gasteiger partial charge in [0.25, 0.3) is 0 Å². The van der Waals surface area contributed by atoms with Crippen LogP contribution in [0.3, 0.4) is 0 Å². The Morgan fingerprint density at radius 2 is 0.800 bits per heavy atom. The van der Waals surface area contributed by atoms with E-state index < -0.39 is 17.6 Å². The van der Waals surface area contributed by atoms with Crippen molar-refractivity contribution in [2.45, 2.75) is 0 Å². The summed E-state index contributed by atoms with van der Waals surface area (Å²) in [5.41, 5.74) is 0. The van der Waals surface area contributed by atoms with Crippen molar-refractivity contribution in [2.75, 3.05) is 68.1 Å². The van der Waals surface area contributed by atoms with Crippen LogP contribution < -0.4 is 10.6 Å². The lowest BCUT2D eigenvalue weighted by Crippen LogP contribution is -2.54. The van der Waals surface area contributed by atoms with E-state index in [1.807, 2.05) is 0 Å². The lowest BCUT2D eigenvalue weighted by Gasteiger charge is -2.25. The maximum Gasteiger partial charge on any atom is 0.514 e. The van der Waals surface area contributed by atoms with Crippen molar-refractivity contribution < 1.29 is 26.6 Å². The van der Waals surface area contributed by atoms with Crippen molar-refractivity contribution in [1.29, 1.82) is 0 Å². The Bertz CT molecular complexity index is 201. The second-order valence-electron chi connectivity index (χ2n) is 3.94. The highest BCUT2D eigenvalue weighted by molar-refractivity contribution is 6.61. The van der Waals surface area contributed by atoms with Gasteiger partial charge in [0.05, 0.1) is 12.3 Å². The van der Waals surface area contributed by atoms with E-state index in [1.165, 1.54) is 0 Å². The summed E-state index contributed by atoms with van der Waals surface area (Å²) < 4.78 is 31.8. The molecule has 0 bridgehead atoms. The Kier molecular flexibility index (Phi) is 10.8. The second kappa shape index (κ2) is 10.8. The van der Waals surface area contributed by atoms with Crippen LogP contribution in [-0.2, 0) is 26.6 Å². The van der Waals surface area contributed by atoms with Gasteiger partial charge >= 0.3 is 17.6 Å². The normalized spacial score (nSPS) is 12.9. The van der Waals surface area contributed by atoms with Gasteiger partial charge in [-0.2, -0.15) is 0 Å². The van der Waals surface area contributed by atoms with Crippen LogP contribution in [0.15, 0.2) is 0 Å². The molecule has 0 amide bonds. The molecule has 0 atom stereocenters. The van der Waals surface area contributed by atoms with E-state index >= 15 is 0 Å². The zero-order chi connectivity index (χ0) is 15.5. The van der Waals surface area contributed by atoms with Crippen LogP contribution >= 0.6 is 0 Å². The first-order valence-electron chi connectivity index (χ1n) is 6.30. The fourth-order valence-corrected chi connectivity index (χ4v) is 4.42. The molecule has 0 saturated heterocycles. The van der Waals surface area contributed by atoms with Crippen LogP contribution in [0.25, 0.3) is 0 Å². The van der Waals surface area contributed by atoms with E-state index in [2.05, 4.69) is 10.6 Å². The van der Waals surface area contributed by atoms with Gasteiger partial charge in [-0.15, -0.1) is 0 Å². The molecule has 0 aliphatic rings. The van der Waals surface area contributed by atoms with Crippen LogP contribution in [0.4, 0.5) is 0 Å². The average Bonchev–Trinajstić information content (AvgIpc) is 2.52. The molecular formula is C10H28N2O6Si2. The fourth-order valence-electron chi connectivity index (χ4n) is 1.59. The molecule has 0 aliphatic carbocycles. The monoisotopic (exact) mass is 328 g/mol. The third kappa shape index (κ3) is 6.26. The predicted molar refractivity (Wildman–Crippen MR) is 79.3 cm³/mol. The fraction of sp³-hybridized carbons (Fsp3) is 1.00. The van der Waals surface area contributed by atoms with Gasteiger partial charge in [0.15, 0.2) is 0 Å². The van der Waals surface area contributed by atoms with E-state index in [-0.39, 0.29) is 0 Å². The van der Waals surface area contributed by atoms with Crippen molar-refractivity contribution in [3.63, 3.8) is 0 Å². The first-order valence-corrected chi connectivity index (χ1v) is 10.2. The topological polar surface area (TPSA) is 79.4 Å². The lowest BCUT2D eigenvalue weighted by atomic mass is 10.6. The molecule has 0 heterocycles. The zero-order valence-electron chi connectivity index (χ0n) is 13.3. The van der Waals surface area contributed by atoms with Crippen LogP contribution in [-0.4, -0.2) is 85.7 Å². The Morgan fingerprint density at radius 3 is 1.00 bits per heavy atom.